The number of benzene rings is 1. The zero-order valence-electron chi connectivity index (χ0n) is 10.3. The van der Waals surface area contributed by atoms with Crippen molar-refractivity contribution in [2.24, 2.45) is 11.7 Å². The average Bonchev–Trinajstić information content (AvgIpc) is 2.70. The van der Waals surface area contributed by atoms with Crippen LogP contribution >= 0.6 is 28.1 Å². The van der Waals surface area contributed by atoms with Gasteiger partial charge in [0.2, 0.25) is 0 Å². The van der Waals surface area contributed by atoms with E-state index < -0.39 is 0 Å². The smallest absolute Gasteiger partial charge is 0.106 e. The summed E-state index contributed by atoms with van der Waals surface area (Å²) < 4.78 is 0.960. The van der Waals surface area contributed by atoms with Gasteiger partial charge in [-0.3, -0.25) is 0 Å². The molecule has 1 aromatic rings. The minimum atomic E-state index is 0.152. The van der Waals surface area contributed by atoms with Crippen molar-refractivity contribution in [3.8, 4) is 0 Å². The van der Waals surface area contributed by atoms with Gasteiger partial charge in [-0.25, -0.2) is 0 Å². The Labute approximate surface area is 121 Å². The van der Waals surface area contributed by atoms with Gasteiger partial charge in [-0.05, 0) is 30.5 Å². The summed E-state index contributed by atoms with van der Waals surface area (Å²) in [7, 11) is 0. The van der Waals surface area contributed by atoms with E-state index in [4.69, 9.17) is 18.0 Å². The number of thiocarbonyl (C=S) groups is 1. The van der Waals surface area contributed by atoms with E-state index in [1.54, 1.807) is 0 Å². The Bertz CT molecular complexity index is 466. The predicted octanol–water partition coefficient (Wildman–Crippen LogP) is 2.29. The Morgan fingerprint density at radius 3 is 2.94 bits per heavy atom. The number of rotatable bonds is 3. The molecule has 0 amide bonds. The number of nitrogens with two attached hydrogens (primary N) is 1. The second-order valence-electron chi connectivity index (χ2n) is 4.73. The maximum absolute atomic E-state index is 9.54. The number of aliphatic hydroxyl groups is 1. The average molecular weight is 329 g/mol. The fraction of sp³-hybridized carbons (Fsp3) is 0.462. The Balaban J connectivity index is 2.41. The van der Waals surface area contributed by atoms with E-state index >= 15 is 0 Å². The zero-order valence-corrected chi connectivity index (χ0v) is 12.7. The van der Waals surface area contributed by atoms with E-state index in [1.807, 2.05) is 18.2 Å². The molecule has 5 heteroatoms. The fourth-order valence-electron chi connectivity index (χ4n) is 2.54. The fourth-order valence-corrected chi connectivity index (χ4v) is 3.07. The lowest BCUT2D eigenvalue weighted by Crippen LogP contribution is -2.36. The summed E-state index contributed by atoms with van der Waals surface area (Å²) in [4.78, 5) is 2.61. The van der Waals surface area contributed by atoms with Crippen molar-refractivity contribution >= 4 is 38.8 Å². The van der Waals surface area contributed by atoms with Crippen molar-refractivity contribution in [2.45, 2.75) is 19.4 Å². The summed E-state index contributed by atoms with van der Waals surface area (Å²) in [6.07, 6.45) is 1.08. The molecule has 1 saturated heterocycles. The highest BCUT2D eigenvalue weighted by molar-refractivity contribution is 9.10. The van der Waals surface area contributed by atoms with Crippen LogP contribution in [0.5, 0.6) is 0 Å². The van der Waals surface area contributed by atoms with E-state index in [2.05, 4.69) is 27.8 Å². The highest BCUT2D eigenvalue weighted by Gasteiger charge is 2.32. The second kappa shape index (κ2) is 5.55. The molecule has 0 saturated carbocycles. The number of hydrogen-bond donors (Lipinski definition) is 2. The summed E-state index contributed by atoms with van der Waals surface area (Å²) in [5.41, 5.74) is 7.68. The zero-order chi connectivity index (χ0) is 13.3. The van der Waals surface area contributed by atoms with Crippen molar-refractivity contribution in [3.05, 3.63) is 28.2 Å². The lowest BCUT2D eigenvalue weighted by atomic mass is 10.0. The Morgan fingerprint density at radius 1 is 1.61 bits per heavy atom. The normalized spacial score (nSPS) is 23.4. The minimum absolute atomic E-state index is 0.152. The molecule has 0 bridgehead atoms. The molecule has 1 aliphatic rings. The highest BCUT2D eigenvalue weighted by Crippen LogP contribution is 2.33. The number of hydrogen-bond acceptors (Lipinski definition) is 3. The molecule has 3 nitrogen and oxygen atoms in total. The lowest BCUT2D eigenvalue weighted by Gasteiger charge is -2.29. The number of nitrogens with zero attached hydrogens (tertiary/aromatic N) is 1. The number of halogens is 1. The summed E-state index contributed by atoms with van der Waals surface area (Å²) in [5.74, 6) is 0.484. The van der Waals surface area contributed by atoms with Gasteiger partial charge >= 0.3 is 0 Å². The molecule has 2 atom stereocenters. The summed E-state index contributed by atoms with van der Waals surface area (Å²) >= 11 is 8.55. The summed E-state index contributed by atoms with van der Waals surface area (Å²) in [5, 5.41) is 9.54. The largest absolute Gasteiger partial charge is 0.394 e. The molecule has 1 aromatic carbocycles. The predicted molar refractivity (Wildman–Crippen MR) is 82.0 cm³/mol. The van der Waals surface area contributed by atoms with E-state index in [-0.39, 0.29) is 12.6 Å². The quantitative estimate of drug-likeness (QED) is 0.836. The number of anilines is 1. The van der Waals surface area contributed by atoms with Crippen molar-refractivity contribution in [1.29, 1.82) is 0 Å². The molecule has 0 aliphatic carbocycles. The molecule has 18 heavy (non-hydrogen) atoms. The SMILES string of the molecule is CC1CCN(c2ccc(Br)cc2C(N)=S)C1CO. The van der Waals surface area contributed by atoms with Crippen LogP contribution in [0.15, 0.2) is 22.7 Å². The van der Waals surface area contributed by atoms with Gasteiger partial charge in [0.15, 0.2) is 0 Å². The third kappa shape index (κ3) is 2.53. The molecular formula is C13H17BrN2OS. The first-order chi connectivity index (χ1) is 8.54. The Kier molecular flexibility index (Phi) is 4.25. The monoisotopic (exact) mass is 328 g/mol. The van der Waals surface area contributed by atoms with Gasteiger partial charge in [0, 0.05) is 22.3 Å². The minimum Gasteiger partial charge on any atom is -0.394 e. The second-order valence-corrected chi connectivity index (χ2v) is 6.09. The van der Waals surface area contributed by atoms with Gasteiger partial charge in [-0.15, -0.1) is 0 Å². The molecular weight excluding hydrogens is 312 g/mol. The Hall–Kier alpha value is -0.650. The molecule has 0 spiro atoms. The first kappa shape index (κ1) is 13.8. The van der Waals surface area contributed by atoms with Crippen LogP contribution in [0.1, 0.15) is 18.9 Å². The topological polar surface area (TPSA) is 49.5 Å². The first-order valence-corrected chi connectivity index (χ1v) is 7.21. The molecule has 1 aliphatic heterocycles. The van der Waals surface area contributed by atoms with Crippen LogP contribution in [0.2, 0.25) is 0 Å². The molecule has 1 fully saturated rings. The van der Waals surface area contributed by atoms with Gasteiger partial charge in [0.1, 0.15) is 4.99 Å². The van der Waals surface area contributed by atoms with Crippen LogP contribution < -0.4 is 10.6 Å². The molecule has 1 heterocycles. The third-order valence-corrected chi connectivity index (χ3v) is 4.32. The van der Waals surface area contributed by atoms with Crippen molar-refractivity contribution in [2.75, 3.05) is 18.1 Å². The molecule has 3 N–H and O–H groups in total. The van der Waals surface area contributed by atoms with E-state index in [1.165, 1.54) is 0 Å². The van der Waals surface area contributed by atoms with Crippen LogP contribution in [-0.4, -0.2) is 29.3 Å². The van der Waals surface area contributed by atoms with E-state index in [0.29, 0.717) is 10.9 Å². The third-order valence-electron chi connectivity index (χ3n) is 3.60. The van der Waals surface area contributed by atoms with Gasteiger partial charge < -0.3 is 15.7 Å². The molecule has 0 aromatic heterocycles. The standard InChI is InChI=1S/C13H17BrN2OS/c1-8-4-5-16(12(8)7-17)11-3-2-9(14)6-10(11)13(15)18/h2-3,6,8,12,17H,4-5,7H2,1H3,(H2,15,18). The van der Waals surface area contributed by atoms with Gasteiger partial charge in [-0.2, -0.15) is 0 Å². The van der Waals surface area contributed by atoms with Gasteiger partial charge in [0.05, 0.1) is 12.6 Å². The van der Waals surface area contributed by atoms with Crippen LogP contribution in [0.25, 0.3) is 0 Å². The van der Waals surface area contributed by atoms with Crippen molar-refractivity contribution in [3.63, 3.8) is 0 Å². The summed E-state index contributed by atoms with van der Waals surface area (Å²) in [6, 6.07) is 6.09. The molecule has 2 rings (SSSR count). The van der Waals surface area contributed by atoms with Crippen LogP contribution in [0, 0.1) is 5.92 Å². The highest BCUT2D eigenvalue weighted by atomic mass is 79.9. The maximum atomic E-state index is 9.54. The lowest BCUT2D eigenvalue weighted by molar-refractivity contribution is 0.245. The molecule has 0 radical (unpaired) electrons. The van der Waals surface area contributed by atoms with Crippen LogP contribution in [0.3, 0.4) is 0 Å². The van der Waals surface area contributed by atoms with Crippen molar-refractivity contribution in [1.82, 2.24) is 0 Å². The Morgan fingerprint density at radius 2 is 2.33 bits per heavy atom. The van der Waals surface area contributed by atoms with Crippen LogP contribution in [0.4, 0.5) is 5.69 Å². The van der Waals surface area contributed by atoms with Crippen molar-refractivity contribution < 1.29 is 5.11 Å². The maximum Gasteiger partial charge on any atom is 0.106 e. The first-order valence-electron chi connectivity index (χ1n) is 6.01. The van der Waals surface area contributed by atoms with Gasteiger partial charge in [0.25, 0.3) is 0 Å². The van der Waals surface area contributed by atoms with E-state index in [9.17, 15) is 5.11 Å². The van der Waals surface area contributed by atoms with Crippen LogP contribution in [-0.2, 0) is 0 Å². The molecule has 2 unspecified atom stereocenters. The van der Waals surface area contributed by atoms with E-state index in [0.717, 1.165) is 28.7 Å². The summed E-state index contributed by atoms with van der Waals surface area (Å²) in [6.45, 7) is 3.26. The number of aliphatic hydroxyl groups excluding tert-OH is 1. The van der Waals surface area contributed by atoms with Gasteiger partial charge in [-0.1, -0.05) is 35.1 Å². The molecule has 98 valence electrons.